The van der Waals surface area contributed by atoms with Gasteiger partial charge in [-0.15, -0.1) is 0 Å². The summed E-state index contributed by atoms with van der Waals surface area (Å²) in [5.74, 6) is 5.92. The molecule has 0 bridgehead atoms. The molecule has 1 aliphatic carbocycles. The van der Waals surface area contributed by atoms with Crippen LogP contribution in [0.3, 0.4) is 0 Å². The van der Waals surface area contributed by atoms with Crippen LogP contribution in [0.4, 0.5) is 4.39 Å². The summed E-state index contributed by atoms with van der Waals surface area (Å²) in [6.45, 7) is 6.43. The molecule has 88 valence electrons. The molecule has 1 fully saturated rings. The van der Waals surface area contributed by atoms with E-state index < -0.39 is 0 Å². The molecule has 0 saturated heterocycles. The van der Waals surface area contributed by atoms with Crippen LogP contribution in [0.25, 0.3) is 0 Å². The van der Waals surface area contributed by atoms with Crippen LogP contribution in [-0.2, 0) is 0 Å². The molecule has 0 aromatic heterocycles. The van der Waals surface area contributed by atoms with Crippen LogP contribution in [0.1, 0.15) is 37.4 Å². The zero-order valence-electron chi connectivity index (χ0n) is 10.0. The van der Waals surface area contributed by atoms with Gasteiger partial charge in [0.15, 0.2) is 0 Å². The number of rotatable bonds is 3. The predicted octanol–water partition coefficient (Wildman–Crippen LogP) is 2.68. The van der Waals surface area contributed by atoms with E-state index in [1.807, 2.05) is 13.0 Å². The monoisotopic (exact) mass is 222 g/mol. The first-order valence-corrected chi connectivity index (χ1v) is 5.68. The second-order valence-corrected chi connectivity index (χ2v) is 5.44. The number of hydrazine groups is 1. The summed E-state index contributed by atoms with van der Waals surface area (Å²) in [5, 5.41) is 0. The third kappa shape index (κ3) is 1.97. The molecule has 1 saturated carbocycles. The van der Waals surface area contributed by atoms with E-state index >= 15 is 0 Å². The highest BCUT2D eigenvalue weighted by molar-refractivity contribution is 5.31. The third-order valence-corrected chi connectivity index (χ3v) is 3.75. The second-order valence-electron chi connectivity index (χ2n) is 5.44. The molecule has 3 N–H and O–H groups in total. The molecule has 0 radical (unpaired) electrons. The molecule has 2 rings (SSSR count). The highest BCUT2D eigenvalue weighted by Crippen LogP contribution is 2.57. The normalized spacial score (nSPS) is 24.2. The van der Waals surface area contributed by atoms with Crippen molar-refractivity contribution in [2.75, 3.05) is 0 Å². The topological polar surface area (TPSA) is 38.0 Å². The first kappa shape index (κ1) is 11.6. The van der Waals surface area contributed by atoms with Gasteiger partial charge in [-0.1, -0.05) is 19.9 Å². The molecular formula is C13H19FN2. The molecule has 0 spiro atoms. The number of hydrogen-bond acceptors (Lipinski definition) is 2. The van der Waals surface area contributed by atoms with Crippen molar-refractivity contribution in [2.45, 2.75) is 33.2 Å². The van der Waals surface area contributed by atoms with Crippen LogP contribution < -0.4 is 11.3 Å². The van der Waals surface area contributed by atoms with Crippen molar-refractivity contribution >= 4 is 0 Å². The van der Waals surface area contributed by atoms with Gasteiger partial charge < -0.3 is 0 Å². The largest absolute Gasteiger partial charge is 0.271 e. The van der Waals surface area contributed by atoms with E-state index in [1.165, 1.54) is 6.07 Å². The van der Waals surface area contributed by atoms with Crippen LogP contribution in [-0.4, -0.2) is 0 Å². The molecule has 16 heavy (non-hydrogen) atoms. The molecule has 1 aromatic carbocycles. The SMILES string of the molecule is Cc1ccc(F)cc1C(NN)C1CC1(C)C. The lowest BCUT2D eigenvalue weighted by Gasteiger charge is -2.20. The summed E-state index contributed by atoms with van der Waals surface area (Å²) >= 11 is 0. The van der Waals surface area contributed by atoms with Crippen LogP contribution in [0.5, 0.6) is 0 Å². The fourth-order valence-electron chi connectivity index (χ4n) is 2.45. The molecule has 1 aromatic rings. The Bertz CT molecular complexity index is 401. The first-order chi connectivity index (χ1) is 7.45. The average Bonchev–Trinajstić information content (AvgIpc) is 2.82. The van der Waals surface area contributed by atoms with Gasteiger partial charge in [0.2, 0.25) is 0 Å². The van der Waals surface area contributed by atoms with Crippen LogP contribution >= 0.6 is 0 Å². The number of benzene rings is 1. The maximum absolute atomic E-state index is 13.3. The Morgan fingerprint density at radius 2 is 2.12 bits per heavy atom. The minimum absolute atomic E-state index is 0.0608. The highest BCUT2D eigenvalue weighted by atomic mass is 19.1. The predicted molar refractivity (Wildman–Crippen MR) is 63.1 cm³/mol. The van der Waals surface area contributed by atoms with E-state index in [2.05, 4.69) is 19.3 Å². The molecule has 2 unspecified atom stereocenters. The van der Waals surface area contributed by atoms with Gasteiger partial charge in [-0.05, 0) is 47.9 Å². The Hall–Kier alpha value is -0.930. The van der Waals surface area contributed by atoms with Crippen molar-refractivity contribution in [3.05, 3.63) is 35.1 Å². The summed E-state index contributed by atoms with van der Waals surface area (Å²) in [5.41, 5.74) is 5.23. The van der Waals surface area contributed by atoms with E-state index in [-0.39, 0.29) is 11.9 Å². The standard InChI is InChI=1S/C13H19FN2/c1-8-4-5-9(14)6-10(8)12(16-15)11-7-13(11,2)3/h4-6,11-12,16H,7,15H2,1-3H3. The highest BCUT2D eigenvalue weighted by Gasteiger charge is 2.50. The zero-order valence-corrected chi connectivity index (χ0v) is 10.0. The molecule has 0 aliphatic heterocycles. The quantitative estimate of drug-likeness (QED) is 0.609. The van der Waals surface area contributed by atoms with Crippen molar-refractivity contribution in [2.24, 2.45) is 17.2 Å². The fourth-order valence-corrected chi connectivity index (χ4v) is 2.45. The Kier molecular flexibility index (Phi) is 2.76. The van der Waals surface area contributed by atoms with Gasteiger partial charge in [0.05, 0.1) is 0 Å². The van der Waals surface area contributed by atoms with Crippen molar-refractivity contribution in [3.63, 3.8) is 0 Å². The number of aryl methyl sites for hydroxylation is 1. The zero-order chi connectivity index (χ0) is 11.9. The lowest BCUT2D eigenvalue weighted by atomic mass is 9.94. The Labute approximate surface area is 96.0 Å². The van der Waals surface area contributed by atoms with E-state index in [9.17, 15) is 4.39 Å². The summed E-state index contributed by atoms with van der Waals surface area (Å²) in [4.78, 5) is 0. The van der Waals surface area contributed by atoms with Gasteiger partial charge in [-0.25, -0.2) is 4.39 Å². The van der Waals surface area contributed by atoms with Gasteiger partial charge in [0.25, 0.3) is 0 Å². The van der Waals surface area contributed by atoms with Gasteiger partial charge >= 0.3 is 0 Å². The molecule has 1 aliphatic rings. The summed E-state index contributed by atoms with van der Waals surface area (Å²) < 4.78 is 13.3. The number of halogens is 1. The summed E-state index contributed by atoms with van der Waals surface area (Å²) in [6.07, 6.45) is 1.14. The van der Waals surface area contributed by atoms with Crippen LogP contribution in [0.15, 0.2) is 18.2 Å². The van der Waals surface area contributed by atoms with Crippen molar-refractivity contribution in [1.82, 2.24) is 5.43 Å². The van der Waals surface area contributed by atoms with Gasteiger partial charge in [-0.3, -0.25) is 11.3 Å². The number of nitrogens with two attached hydrogens (primary N) is 1. The van der Waals surface area contributed by atoms with Crippen molar-refractivity contribution in [3.8, 4) is 0 Å². The Balaban J connectivity index is 2.30. The Morgan fingerprint density at radius 3 is 2.62 bits per heavy atom. The molecule has 2 nitrogen and oxygen atoms in total. The van der Waals surface area contributed by atoms with Crippen LogP contribution in [0, 0.1) is 24.1 Å². The first-order valence-electron chi connectivity index (χ1n) is 5.68. The molecule has 2 atom stereocenters. The minimum Gasteiger partial charge on any atom is -0.271 e. The lowest BCUT2D eigenvalue weighted by Crippen LogP contribution is -2.31. The van der Waals surface area contributed by atoms with E-state index in [0.717, 1.165) is 17.5 Å². The number of hydrogen-bond donors (Lipinski definition) is 2. The molecular weight excluding hydrogens is 203 g/mol. The summed E-state index contributed by atoms with van der Waals surface area (Å²) in [7, 11) is 0. The lowest BCUT2D eigenvalue weighted by molar-refractivity contribution is 0.420. The fraction of sp³-hybridized carbons (Fsp3) is 0.538. The van der Waals surface area contributed by atoms with Gasteiger partial charge in [0.1, 0.15) is 5.82 Å². The van der Waals surface area contributed by atoms with Crippen molar-refractivity contribution in [1.29, 1.82) is 0 Å². The summed E-state index contributed by atoms with van der Waals surface area (Å²) in [6, 6.07) is 4.95. The maximum atomic E-state index is 13.3. The van der Waals surface area contributed by atoms with Crippen molar-refractivity contribution < 1.29 is 4.39 Å². The minimum atomic E-state index is -0.195. The van der Waals surface area contributed by atoms with Gasteiger partial charge in [0, 0.05) is 6.04 Å². The molecule has 0 amide bonds. The van der Waals surface area contributed by atoms with E-state index in [1.54, 1.807) is 6.07 Å². The van der Waals surface area contributed by atoms with E-state index in [0.29, 0.717) is 11.3 Å². The van der Waals surface area contributed by atoms with E-state index in [4.69, 9.17) is 5.84 Å². The Morgan fingerprint density at radius 1 is 1.50 bits per heavy atom. The maximum Gasteiger partial charge on any atom is 0.123 e. The second kappa shape index (κ2) is 3.82. The molecule has 3 heteroatoms. The van der Waals surface area contributed by atoms with Gasteiger partial charge in [-0.2, -0.15) is 0 Å². The molecule has 0 heterocycles. The average molecular weight is 222 g/mol. The third-order valence-electron chi connectivity index (χ3n) is 3.75. The smallest absolute Gasteiger partial charge is 0.123 e. The number of nitrogens with one attached hydrogen (secondary N) is 1. The van der Waals surface area contributed by atoms with Crippen LogP contribution in [0.2, 0.25) is 0 Å².